The van der Waals surface area contributed by atoms with Gasteiger partial charge in [0, 0.05) is 35.3 Å². The Morgan fingerprint density at radius 1 is 1.10 bits per heavy atom. The summed E-state index contributed by atoms with van der Waals surface area (Å²) in [5.74, 6) is 1.90. The highest BCUT2D eigenvalue weighted by molar-refractivity contribution is 8.01. The topological polar surface area (TPSA) is 66.6 Å². The van der Waals surface area contributed by atoms with Gasteiger partial charge >= 0.3 is 0 Å². The molecule has 0 saturated heterocycles. The molecule has 6 nitrogen and oxygen atoms in total. The highest BCUT2D eigenvalue weighted by Gasteiger charge is 2.43. The van der Waals surface area contributed by atoms with Crippen molar-refractivity contribution in [1.82, 2.24) is 25.2 Å². The summed E-state index contributed by atoms with van der Waals surface area (Å²) in [6.07, 6.45) is 6.34. The van der Waals surface area contributed by atoms with Gasteiger partial charge in [0.1, 0.15) is 5.82 Å². The Labute approximate surface area is 176 Å². The number of aliphatic imine (C=N–C) groups is 1. The van der Waals surface area contributed by atoms with Crippen molar-refractivity contribution in [1.29, 1.82) is 0 Å². The fourth-order valence-corrected chi connectivity index (χ4v) is 4.48. The number of nitrogens with zero attached hydrogens (tertiary/aromatic N) is 4. The van der Waals surface area contributed by atoms with E-state index < -0.39 is 0 Å². The summed E-state index contributed by atoms with van der Waals surface area (Å²) < 4.78 is 2.32. The van der Waals surface area contributed by atoms with Crippen molar-refractivity contribution in [2.75, 3.05) is 19.6 Å². The quantitative estimate of drug-likeness (QED) is 0.322. The fraction of sp³-hybridized carbons (Fsp3) is 0.409. The summed E-state index contributed by atoms with van der Waals surface area (Å²) in [4.78, 5) is 6.20. The summed E-state index contributed by atoms with van der Waals surface area (Å²) >= 11 is 1.96. The van der Waals surface area contributed by atoms with Gasteiger partial charge in [0.2, 0.25) is 0 Å². The largest absolute Gasteiger partial charge is 0.357 e. The van der Waals surface area contributed by atoms with Gasteiger partial charge in [0.25, 0.3) is 0 Å². The molecule has 0 bridgehead atoms. The van der Waals surface area contributed by atoms with E-state index in [0.717, 1.165) is 49.9 Å². The lowest BCUT2D eigenvalue weighted by Gasteiger charge is -2.15. The molecule has 2 N–H and O–H groups in total. The number of nitrogens with one attached hydrogen (secondary N) is 2. The molecule has 2 heterocycles. The second-order valence-corrected chi connectivity index (χ2v) is 8.91. The van der Waals surface area contributed by atoms with E-state index in [9.17, 15) is 0 Å². The van der Waals surface area contributed by atoms with E-state index in [1.54, 1.807) is 0 Å². The Morgan fingerprint density at radius 2 is 1.93 bits per heavy atom. The fourth-order valence-electron chi connectivity index (χ4n) is 3.25. The molecule has 0 aliphatic heterocycles. The number of hydrogen-bond donors (Lipinski definition) is 2. The number of rotatable bonds is 9. The van der Waals surface area contributed by atoms with Crippen molar-refractivity contribution in [3.8, 4) is 0 Å². The molecule has 3 aromatic rings. The number of aromatic nitrogens is 3. The van der Waals surface area contributed by atoms with E-state index >= 15 is 0 Å². The third kappa shape index (κ3) is 5.29. The standard InChI is InChI=1S/C22H28N6S/c1-2-23-21(25-17-22(13-14-22)29-18-9-4-3-5-10-18)24-15-8-12-20-27-26-19-11-6-7-16-28(19)20/h3-7,9-11,16H,2,8,12-15,17H2,1H3,(H2,23,24,25). The number of aryl methyl sites for hydroxylation is 1. The Hall–Kier alpha value is -2.54. The first-order valence-electron chi connectivity index (χ1n) is 10.3. The van der Waals surface area contributed by atoms with E-state index in [-0.39, 0.29) is 4.75 Å². The molecule has 1 aliphatic carbocycles. The molecule has 1 aliphatic rings. The van der Waals surface area contributed by atoms with E-state index in [0.29, 0.717) is 0 Å². The van der Waals surface area contributed by atoms with Crippen molar-refractivity contribution < 1.29 is 0 Å². The average molecular weight is 409 g/mol. The Kier molecular flexibility index (Phi) is 6.34. The molecular weight excluding hydrogens is 380 g/mol. The van der Waals surface area contributed by atoms with Crippen molar-refractivity contribution in [2.24, 2.45) is 4.99 Å². The van der Waals surface area contributed by atoms with Crippen LogP contribution < -0.4 is 10.6 Å². The lowest BCUT2D eigenvalue weighted by Crippen LogP contribution is -2.38. The molecule has 0 amide bonds. The van der Waals surface area contributed by atoms with E-state index in [2.05, 4.69) is 62.5 Å². The number of hydrogen-bond acceptors (Lipinski definition) is 4. The number of thioether (sulfide) groups is 1. The van der Waals surface area contributed by atoms with Crippen LogP contribution in [-0.2, 0) is 6.42 Å². The summed E-state index contributed by atoms with van der Waals surface area (Å²) in [6.45, 7) is 4.66. The normalized spacial score (nSPS) is 15.4. The lowest BCUT2D eigenvalue weighted by molar-refractivity contribution is 0.713. The number of pyridine rings is 1. The molecule has 0 atom stereocenters. The van der Waals surface area contributed by atoms with Gasteiger partial charge in [-0.15, -0.1) is 22.0 Å². The van der Waals surface area contributed by atoms with E-state index in [4.69, 9.17) is 4.99 Å². The summed E-state index contributed by atoms with van der Waals surface area (Å²) in [5, 5.41) is 15.3. The van der Waals surface area contributed by atoms with Crippen molar-refractivity contribution in [2.45, 2.75) is 42.2 Å². The highest BCUT2D eigenvalue weighted by atomic mass is 32.2. The van der Waals surface area contributed by atoms with Crippen LogP contribution in [-0.4, -0.2) is 44.9 Å². The minimum absolute atomic E-state index is 0.268. The third-order valence-electron chi connectivity index (χ3n) is 5.01. The van der Waals surface area contributed by atoms with Crippen LogP contribution in [0.2, 0.25) is 0 Å². The number of fused-ring (bicyclic) bond motifs is 1. The molecule has 2 aromatic heterocycles. The van der Waals surface area contributed by atoms with Gasteiger partial charge in [-0.1, -0.05) is 24.3 Å². The van der Waals surface area contributed by atoms with Crippen LogP contribution in [0, 0.1) is 0 Å². The van der Waals surface area contributed by atoms with Crippen LogP contribution >= 0.6 is 11.8 Å². The number of guanidine groups is 1. The van der Waals surface area contributed by atoms with Crippen LogP contribution in [0.25, 0.3) is 5.65 Å². The molecule has 1 aromatic carbocycles. The minimum Gasteiger partial charge on any atom is -0.357 e. The van der Waals surface area contributed by atoms with Crippen LogP contribution in [0.3, 0.4) is 0 Å². The lowest BCUT2D eigenvalue weighted by atomic mass is 10.3. The zero-order valence-corrected chi connectivity index (χ0v) is 17.7. The van der Waals surface area contributed by atoms with Crippen molar-refractivity contribution in [3.63, 3.8) is 0 Å². The Balaban J connectivity index is 1.27. The van der Waals surface area contributed by atoms with Crippen LogP contribution in [0.5, 0.6) is 0 Å². The smallest absolute Gasteiger partial charge is 0.191 e. The minimum atomic E-state index is 0.268. The maximum absolute atomic E-state index is 4.87. The molecule has 1 fully saturated rings. The highest BCUT2D eigenvalue weighted by Crippen LogP contribution is 2.51. The van der Waals surface area contributed by atoms with Gasteiger partial charge in [-0.25, -0.2) is 0 Å². The van der Waals surface area contributed by atoms with Crippen molar-refractivity contribution in [3.05, 3.63) is 60.6 Å². The van der Waals surface area contributed by atoms with E-state index in [1.807, 2.05) is 36.2 Å². The first-order valence-corrected chi connectivity index (χ1v) is 11.1. The SMILES string of the molecule is CCNC(=NCC1(Sc2ccccc2)CC1)NCCCc1nnc2ccccn12. The summed E-state index contributed by atoms with van der Waals surface area (Å²) in [7, 11) is 0. The molecule has 0 unspecified atom stereocenters. The predicted octanol–water partition coefficient (Wildman–Crippen LogP) is 3.54. The molecule has 0 spiro atoms. The van der Waals surface area contributed by atoms with Crippen molar-refractivity contribution >= 4 is 23.4 Å². The summed E-state index contributed by atoms with van der Waals surface area (Å²) in [6, 6.07) is 16.6. The van der Waals surface area contributed by atoms with Crippen LogP contribution in [0.15, 0.2) is 64.6 Å². The second kappa shape index (κ2) is 9.31. The third-order valence-corrected chi connectivity index (χ3v) is 6.49. The zero-order chi connectivity index (χ0) is 19.9. The summed E-state index contributed by atoms with van der Waals surface area (Å²) in [5.41, 5.74) is 0.899. The average Bonchev–Trinajstić information content (AvgIpc) is 3.39. The molecule has 4 rings (SSSR count). The van der Waals surface area contributed by atoms with Gasteiger partial charge in [0.15, 0.2) is 11.6 Å². The van der Waals surface area contributed by atoms with Gasteiger partial charge in [0.05, 0.1) is 6.54 Å². The molecule has 7 heteroatoms. The molecular formula is C22H28N6S. The number of benzene rings is 1. The Morgan fingerprint density at radius 3 is 2.72 bits per heavy atom. The second-order valence-electron chi connectivity index (χ2n) is 7.37. The van der Waals surface area contributed by atoms with Gasteiger partial charge in [-0.05, 0) is 50.5 Å². The van der Waals surface area contributed by atoms with Crippen LogP contribution in [0.1, 0.15) is 32.0 Å². The monoisotopic (exact) mass is 408 g/mol. The first kappa shape index (κ1) is 19.8. The predicted molar refractivity (Wildman–Crippen MR) is 120 cm³/mol. The molecule has 152 valence electrons. The Bertz CT molecular complexity index is 948. The molecule has 29 heavy (non-hydrogen) atoms. The van der Waals surface area contributed by atoms with E-state index in [1.165, 1.54) is 17.7 Å². The van der Waals surface area contributed by atoms with Crippen LogP contribution in [0.4, 0.5) is 0 Å². The van der Waals surface area contributed by atoms with Gasteiger partial charge in [-0.2, -0.15) is 0 Å². The zero-order valence-electron chi connectivity index (χ0n) is 16.8. The molecule has 0 radical (unpaired) electrons. The van der Waals surface area contributed by atoms with Gasteiger partial charge < -0.3 is 10.6 Å². The maximum Gasteiger partial charge on any atom is 0.191 e. The molecule has 1 saturated carbocycles. The maximum atomic E-state index is 4.87. The first-order chi connectivity index (χ1) is 14.3. The van der Waals surface area contributed by atoms with Gasteiger partial charge in [-0.3, -0.25) is 9.39 Å².